The van der Waals surface area contributed by atoms with Gasteiger partial charge >= 0.3 is 0 Å². The molecule has 0 aliphatic carbocycles. The van der Waals surface area contributed by atoms with Gasteiger partial charge in [0.25, 0.3) is 5.91 Å². The van der Waals surface area contributed by atoms with Crippen LogP contribution in [0, 0.1) is 0 Å². The molecule has 3 rings (SSSR count). The summed E-state index contributed by atoms with van der Waals surface area (Å²) in [4.78, 5) is 12.7. The maximum Gasteiger partial charge on any atom is 0.293 e. The maximum atomic E-state index is 12.7. The van der Waals surface area contributed by atoms with Crippen molar-refractivity contribution in [2.45, 2.75) is 19.8 Å². The molecule has 0 atom stereocenters. The zero-order chi connectivity index (χ0) is 22.4. The number of nitrogens with zero attached hydrogens (tertiary/aromatic N) is 6. The fraction of sp³-hybridized carbons (Fsp3) is 0.333. The first kappa shape index (κ1) is 21.5. The number of nitrogens with two attached hydrogens (primary N) is 1. The monoisotopic (exact) mass is 430 g/mol. The van der Waals surface area contributed by atoms with Crippen LogP contribution in [0.25, 0.3) is 5.82 Å². The molecule has 1 aromatic carbocycles. The number of methoxy groups -OCH3 is 3. The quantitative estimate of drug-likeness (QED) is 0.369. The van der Waals surface area contributed by atoms with Crippen LogP contribution in [0.2, 0.25) is 0 Å². The third-order valence-electron chi connectivity index (χ3n) is 4.27. The predicted molar refractivity (Wildman–Crippen MR) is 109 cm³/mol. The zero-order valence-corrected chi connectivity index (χ0v) is 17.4. The van der Waals surface area contributed by atoms with E-state index < -0.39 is 5.91 Å². The molecule has 164 valence electrons. The molecular weight excluding hydrogens is 408 g/mol. The third kappa shape index (κ3) is 4.39. The van der Waals surface area contributed by atoms with Gasteiger partial charge in [-0.3, -0.25) is 4.79 Å². The van der Waals surface area contributed by atoms with E-state index in [1.54, 1.807) is 12.1 Å². The Morgan fingerprint density at radius 3 is 2.48 bits per heavy atom. The van der Waals surface area contributed by atoms with Gasteiger partial charge in [0.2, 0.25) is 11.6 Å². The molecule has 2 heterocycles. The van der Waals surface area contributed by atoms with Gasteiger partial charge < -0.3 is 19.9 Å². The minimum atomic E-state index is -0.563. The highest BCUT2D eigenvalue weighted by Gasteiger charge is 2.23. The van der Waals surface area contributed by atoms with Crippen LogP contribution in [-0.4, -0.2) is 58.8 Å². The molecule has 0 spiro atoms. The van der Waals surface area contributed by atoms with E-state index in [9.17, 15) is 4.79 Å². The highest BCUT2D eigenvalue weighted by molar-refractivity contribution is 5.95. The lowest BCUT2D eigenvalue weighted by atomic mass is 10.2. The summed E-state index contributed by atoms with van der Waals surface area (Å²) in [7, 11) is 4.54. The Kier molecular flexibility index (Phi) is 6.64. The highest BCUT2D eigenvalue weighted by Crippen LogP contribution is 2.32. The molecule has 13 heteroatoms. The highest BCUT2D eigenvalue weighted by atomic mass is 16.6. The number of carbonyl (C=O) groups is 1. The Balaban J connectivity index is 1.86. The molecule has 0 saturated heterocycles. The number of amides is 1. The number of nitrogen functional groups attached to an aromatic ring is 1. The van der Waals surface area contributed by atoms with E-state index in [1.165, 1.54) is 32.2 Å². The Morgan fingerprint density at radius 2 is 1.94 bits per heavy atom. The first-order valence-electron chi connectivity index (χ1n) is 9.20. The largest absolute Gasteiger partial charge is 0.496 e. The van der Waals surface area contributed by atoms with Gasteiger partial charge in [0, 0.05) is 12.1 Å². The van der Waals surface area contributed by atoms with Crippen LogP contribution in [-0.2, 0) is 6.42 Å². The first-order chi connectivity index (χ1) is 15.0. The lowest BCUT2D eigenvalue weighted by Crippen LogP contribution is -2.20. The van der Waals surface area contributed by atoms with Crippen LogP contribution in [0.15, 0.2) is 21.9 Å². The van der Waals surface area contributed by atoms with Gasteiger partial charge in [0.15, 0.2) is 5.69 Å². The van der Waals surface area contributed by atoms with Crippen LogP contribution in [0.5, 0.6) is 17.2 Å². The first-order valence-corrected chi connectivity index (χ1v) is 9.20. The van der Waals surface area contributed by atoms with Gasteiger partial charge in [-0.15, -0.1) is 5.10 Å². The Bertz CT molecular complexity index is 1070. The molecular formula is C18H22N8O5. The van der Waals surface area contributed by atoms with Crippen LogP contribution in [0.3, 0.4) is 0 Å². The van der Waals surface area contributed by atoms with E-state index in [0.29, 0.717) is 34.9 Å². The second-order valence-electron chi connectivity index (χ2n) is 6.16. The molecule has 0 bridgehead atoms. The molecule has 3 aromatic rings. The summed E-state index contributed by atoms with van der Waals surface area (Å²) in [5, 5.41) is 19.1. The second kappa shape index (κ2) is 9.56. The maximum absolute atomic E-state index is 12.7. The molecule has 0 radical (unpaired) electrons. The SMILES string of the molecule is CCCc1c(C(=O)N/N=C/c2c(OC)cc(OC)cc2OC)nnn1-c1nonc1N. The number of aromatic nitrogens is 5. The molecule has 13 nitrogen and oxygen atoms in total. The number of carbonyl (C=O) groups excluding carboxylic acids is 1. The molecule has 0 fully saturated rings. The fourth-order valence-corrected chi connectivity index (χ4v) is 2.82. The molecule has 1 amide bonds. The van der Waals surface area contributed by atoms with Crippen molar-refractivity contribution in [2.75, 3.05) is 27.1 Å². The number of hydrazone groups is 1. The summed E-state index contributed by atoms with van der Waals surface area (Å²) < 4.78 is 21.9. The van der Waals surface area contributed by atoms with E-state index in [0.717, 1.165) is 6.42 Å². The Morgan fingerprint density at radius 1 is 1.23 bits per heavy atom. The summed E-state index contributed by atoms with van der Waals surface area (Å²) in [5.74, 6) is 1.10. The minimum Gasteiger partial charge on any atom is -0.496 e. The van der Waals surface area contributed by atoms with Crippen molar-refractivity contribution in [3.8, 4) is 23.1 Å². The summed E-state index contributed by atoms with van der Waals surface area (Å²) in [6, 6.07) is 3.35. The molecule has 0 aliphatic rings. The minimum absolute atomic E-state index is 0.0333. The van der Waals surface area contributed by atoms with Gasteiger partial charge in [-0.2, -0.15) is 9.78 Å². The van der Waals surface area contributed by atoms with Crippen LogP contribution in [0.4, 0.5) is 5.82 Å². The van der Waals surface area contributed by atoms with Crippen molar-refractivity contribution >= 4 is 17.9 Å². The van der Waals surface area contributed by atoms with Crippen molar-refractivity contribution in [3.05, 3.63) is 29.1 Å². The van der Waals surface area contributed by atoms with Gasteiger partial charge in [-0.05, 0) is 16.7 Å². The third-order valence-corrected chi connectivity index (χ3v) is 4.27. The summed E-state index contributed by atoms with van der Waals surface area (Å²) in [6.45, 7) is 1.95. The Labute approximate surface area is 177 Å². The predicted octanol–water partition coefficient (Wildman–Crippen LogP) is 0.975. The van der Waals surface area contributed by atoms with Gasteiger partial charge in [-0.25, -0.2) is 10.1 Å². The molecule has 2 aromatic heterocycles. The van der Waals surface area contributed by atoms with Crippen molar-refractivity contribution in [1.29, 1.82) is 0 Å². The number of anilines is 1. The van der Waals surface area contributed by atoms with Gasteiger partial charge in [0.1, 0.15) is 17.2 Å². The van der Waals surface area contributed by atoms with Crippen molar-refractivity contribution in [3.63, 3.8) is 0 Å². The van der Waals surface area contributed by atoms with E-state index in [4.69, 9.17) is 19.9 Å². The topological polar surface area (TPSA) is 165 Å². The number of nitrogens with one attached hydrogen (secondary N) is 1. The van der Waals surface area contributed by atoms with Crippen molar-refractivity contribution < 1.29 is 23.6 Å². The van der Waals surface area contributed by atoms with Crippen molar-refractivity contribution in [2.24, 2.45) is 5.10 Å². The molecule has 0 saturated carbocycles. The second-order valence-corrected chi connectivity index (χ2v) is 6.16. The van der Waals surface area contributed by atoms with E-state index >= 15 is 0 Å². The average molecular weight is 430 g/mol. The molecule has 31 heavy (non-hydrogen) atoms. The number of rotatable bonds is 9. The standard InChI is InChI=1S/C18H22N8O5/c1-5-6-12-15(21-25-26(12)17-16(19)23-31-24-17)18(27)22-20-9-11-13(29-3)7-10(28-2)8-14(11)30-4/h7-9H,5-6H2,1-4H3,(H2,19,23)(H,22,27)/b20-9+. The van der Waals surface area contributed by atoms with E-state index in [2.05, 4.69) is 35.8 Å². The Hall–Kier alpha value is -4.16. The number of ether oxygens (including phenoxy) is 3. The van der Waals surface area contributed by atoms with Gasteiger partial charge in [-0.1, -0.05) is 18.6 Å². The van der Waals surface area contributed by atoms with Crippen LogP contribution >= 0.6 is 0 Å². The molecule has 3 N–H and O–H groups in total. The lowest BCUT2D eigenvalue weighted by molar-refractivity contribution is 0.0949. The zero-order valence-electron chi connectivity index (χ0n) is 17.4. The van der Waals surface area contributed by atoms with E-state index in [-0.39, 0.29) is 17.3 Å². The van der Waals surface area contributed by atoms with Gasteiger partial charge in [0.05, 0.1) is 38.8 Å². The summed E-state index contributed by atoms with van der Waals surface area (Å²) in [5.41, 5.74) is 9.26. The fourth-order valence-electron chi connectivity index (χ4n) is 2.82. The summed E-state index contributed by atoms with van der Waals surface area (Å²) in [6.07, 6.45) is 2.62. The lowest BCUT2D eigenvalue weighted by Gasteiger charge is -2.12. The van der Waals surface area contributed by atoms with E-state index in [1.807, 2.05) is 6.92 Å². The number of hydrogen-bond donors (Lipinski definition) is 2. The van der Waals surface area contributed by atoms with Crippen molar-refractivity contribution in [1.82, 2.24) is 30.7 Å². The van der Waals surface area contributed by atoms with Crippen LogP contribution in [0.1, 0.15) is 35.1 Å². The summed E-state index contributed by atoms with van der Waals surface area (Å²) >= 11 is 0. The molecule has 0 aliphatic heterocycles. The normalized spacial score (nSPS) is 11.0. The van der Waals surface area contributed by atoms with Crippen LogP contribution < -0.4 is 25.4 Å². The number of benzene rings is 1. The average Bonchev–Trinajstić information content (AvgIpc) is 3.39. The smallest absolute Gasteiger partial charge is 0.293 e. The number of hydrogen-bond acceptors (Lipinski definition) is 11. The molecule has 0 unspecified atom stereocenters.